The van der Waals surface area contributed by atoms with Crippen molar-refractivity contribution in [3.8, 4) is 0 Å². The van der Waals surface area contributed by atoms with E-state index in [0.29, 0.717) is 0 Å². The largest absolute Gasteiger partial charge is 0.694 e. The van der Waals surface area contributed by atoms with Crippen molar-refractivity contribution in [1.82, 2.24) is 0 Å². The van der Waals surface area contributed by atoms with Gasteiger partial charge in [-0.15, -0.1) is 9.42 Å². The van der Waals surface area contributed by atoms with Gasteiger partial charge in [0, 0.05) is 9.98 Å². The summed E-state index contributed by atoms with van der Waals surface area (Å²) in [4.78, 5) is 8.22. The highest BCUT2D eigenvalue weighted by molar-refractivity contribution is 7.32. The van der Waals surface area contributed by atoms with Crippen LogP contribution in [0.15, 0.2) is 0 Å². The normalized spacial score (nSPS) is 13.4. The lowest BCUT2D eigenvalue weighted by Gasteiger charge is -2.16. The van der Waals surface area contributed by atoms with E-state index in [0.717, 1.165) is 0 Å². The Bertz CT molecular complexity index is 123. The van der Waals surface area contributed by atoms with Crippen LogP contribution >= 0.6 is 8.25 Å². The van der Waals surface area contributed by atoms with E-state index < -0.39 is 13.7 Å². The van der Waals surface area contributed by atoms with Gasteiger partial charge in [0.25, 0.3) is 0 Å². The van der Waals surface area contributed by atoms with Crippen LogP contribution in [0.1, 0.15) is 13.8 Å². The molecule has 2 N–H and O–H groups in total. The van der Waals surface area contributed by atoms with Crippen molar-refractivity contribution in [2.45, 2.75) is 13.8 Å². The molecule has 0 aliphatic carbocycles. The summed E-state index contributed by atoms with van der Waals surface area (Å²) in [6.45, 7) is 3.52. The smallest absolute Gasteiger partial charge is 0.396 e. The molecule has 0 aromatic carbocycles. The summed E-state index contributed by atoms with van der Waals surface area (Å²) >= 11 is 0. The van der Waals surface area contributed by atoms with Crippen LogP contribution < -0.4 is 0 Å². The molecule has 10 heavy (non-hydrogen) atoms. The minimum absolute atomic E-state index is 0.0594. The molecule has 0 saturated carbocycles. The van der Waals surface area contributed by atoms with Gasteiger partial charge >= 0.3 is 8.25 Å². The molecule has 60 valence electrons. The van der Waals surface area contributed by atoms with Crippen LogP contribution in [0.2, 0.25) is 0 Å². The highest BCUT2D eigenvalue weighted by Crippen LogP contribution is 2.22. The van der Waals surface area contributed by atoms with Gasteiger partial charge in [0.1, 0.15) is 6.61 Å². The Labute approximate surface area is 60.8 Å². The zero-order chi connectivity index (χ0) is 8.20. The van der Waals surface area contributed by atoms with E-state index in [1.54, 1.807) is 13.8 Å². The molecule has 0 aromatic rings. The molecule has 0 heterocycles. The SMILES string of the molecule is CC(C)(CO)CO[P+](=O)O. The maximum Gasteiger partial charge on any atom is 0.694 e. The third kappa shape index (κ3) is 4.82. The second-order valence-electron chi connectivity index (χ2n) is 2.83. The average molecular weight is 167 g/mol. The summed E-state index contributed by atoms with van der Waals surface area (Å²) < 4.78 is 14.4. The molecule has 0 spiro atoms. The summed E-state index contributed by atoms with van der Waals surface area (Å²) in [5, 5.41) is 8.65. The lowest BCUT2D eigenvalue weighted by Crippen LogP contribution is -2.21. The Balaban J connectivity index is 3.56. The minimum atomic E-state index is -2.53. The van der Waals surface area contributed by atoms with Crippen LogP contribution in [-0.4, -0.2) is 23.2 Å². The monoisotopic (exact) mass is 167 g/mol. The van der Waals surface area contributed by atoms with Crippen LogP contribution in [-0.2, 0) is 9.09 Å². The van der Waals surface area contributed by atoms with Crippen molar-refractivity contribution in [1.29, 1.82) is 0 Å². The molecule has 0 amide bonds. The van der Waals surface area contributed by atoms with Crippen molar-refractivity contribution in [2.75, 3.05) is 13.2 Å². The Morgan fingerprint density at radius 3 is 2.40 bits per heavy atom. The molecule has 0 aliphatic rings. The van der Waals surface area contributed by atoms with E-state index in [1.165, 1.54) is 0 Å². The molecule has 0 saturated heterocycles. The van der Waals surface area contributed by atoms with E-state index in [1.807, 2.05) is 0 Å². The molecule has 1 atom stereocenters. The number of aliphatic hydroxyl groups excluding tert-OH is 1. The van der Waals surface area contributed by atoms with Gasteiger partial charge in [-0.1, -0.05) is 13.8 Å². The third-order valence-electron chi connectivity index (χ3n) is 0.994. The van der Waals surface area contributed by atoms with Gasteiger partial charge in [-0.05, 0) is 0 Å². The fraction of sp³-hybridized carbons (Fsp3) is 1.00. The van der Waals surface area contributed by atoms with Crippen molar-refractivity contribution < 1.29 is 19.1 Å². The maximum absolute atomic E-state index is 10.0. The number of aliphatic hydroxyl groups is 1. The lowest BCUT2D eigenvalue weighted by atomic mass is 9.97. The van der Waals surface area contributed by atoms with Gasteiger partial charge in [0.2, 0.25) is 0 Å². The topological polar surface area (TPSA) is 66.8 Å². The molecule has 4 nitrogen and oxygen atoms in total. The zero-order valence-corrected chi connectivity index (χ0v) is 6.97. The molecule has 1 unspecified atom stereocenters. The first kappa shape index (κ1) is 9.98. The lowest BCUT2D eigenvalue weighted by molar-refractivity contribution is 0.0953. The van der Waals surface area contributed by atoms with Crippen molar-refractivity contribution in [2.24, 2.45) is 5.41 Å². The first-order valence-corrected chi connectivity index (χ1v) is 4.01. The summed E-state index contributed by atoms with van der Waals surface area (Å²) in [5.74, 6) is 0. The van der Waals surface area contributed by atoms with Crippen LogP contribution in [0.3, 0.4) is 0 Å². The van der Waals surface area contributed by atoms with Crippen molar-refractivity contribution >= 4 is 8.25 Å². The van der Waals surface area contributed by atoms with Gasteiger partial charge < -0.3 is 5.11 Å². The summed E-state index contributed by atoms with van der Waals surface area (Å²) in [7, 11) is -2.53. The van der Waals surface area contributed by atoms with E-state index >= 15 is 0 Å². The second-order valence-corrected chi connectivity index (χ2v) is 3.57. The standard InChI is InChI=1S/C5H11O4P/c1-5(2,3-6)4-9-10(7)8/h6H,3-4H2,1-2H3/p+1. The van der Waals surface area contributed by atoms with E-state index in [2.05, 4.69) is 4.52 Å². The van der Waals surface area contributed by atoms with Crippen LogP contribution in [0.25, 0.3) is 0 Å². The molecule has 5 heteroatoms. The molecule has 0 fully saturated rings. The van der Waals surface area contributed by atoms with E-state index in [-0.39, 0.29) is 13.2 Å². The van der Waals surface area contributed by atoms with E-state index in [4.69, 9.17) is 10.00 Å². The summed E-state index contributed by atoms with van der Waals surface area (Å²) in [6.07, 6.45) is 0. The molecule has 0 aliphatic heterocycles. The zero-order valence-electron chi connectivity index (χ0n) is 6.07. The van der Waals surface area contributed by atoms with Crippen LogP contribution in [0.5, 0.6) is 0 Å². The number of hydrogen-bond donors (Lipinski definition) is 2. The highest BCUT2D eigenvalue weighted by Gasteiger charge is 2.23. The molecule has 0 radical (unpaired) electrons. The highest BCUT2D eigenvalue weighted by atomic mass is 31.1. The minimum Gasteiger partial charge on any atom is -0.396 e. The predicted molar refractivity (Wildman–Crippen MR) is 36.6 cm³/mol. The average Bonchev–Trinajstić information content (AvgIpc) is 1.85. The number of hydrogen-bond acceptors (Lipinski definition) is 3. The van der Waals surface area contributed by atoms with Gasteiger partial charge in [0.05, 0.1) is 6.61 Å². The van der Waals surface area contributed by atoms with E-state index in [9.17, 15) is 4.57 Å². The van der Waals surface area contributed by atoms with Gasteiger partial charge in [-0.2, -0.15) is 0 Å². The Morgan fingerprint density at radius 2 is 2.10 bits per heavy atom. The fourth-order valence-corrected chi connectivity index (χ4v) is 0.736. The summed E-state index contributed by atoms with van der Waals surface area (Å²) in [6, 6.07) is 0. The van der Waals surface area contributed by atoms with Crippen molar-refractivity contribution in [3.63, 3.8) is 0 Å². The Kier molecular flexibility index (Phi) is 3.98. The van der Waals surface area contributed by atoms with Crippen molar-refractivity contribution in [3.05, 3.63) is 0 Å². The quantitative estimate of drug-likeness (QED) is 0.604. The third-order valence-corrected chi connectivity index (χ3v) is 1.34. The Morgan fingerprint density at radius 1 is 1.60 bits per heavy atom. The fourth-order valence-electron chi connectivity index (χ4n) is 0.276. The number of rotatable bonds is 4. The van der Waals surface area contributed by atoms with Crippen LogP contribution in [0.4, 0.5) is 0 Å². The Hall–Kier alpha value is -0.0200. The molecule has 0 aromatic heterocycles. The first-order chi connectivity index (χ1) is 4.48. The second kappa shape index (κ2) is 3.98. The molecule has 0 rings (SSSR count). The molecular weight excluding hydrogens is 155 g/mol. The molecular formula is C5H12O4P+. The maximum atomic E-state index is 10.0. The predicted octanol–water partition coefficient (Wildman–Crippen LogP) is 0.671. The van der Waals surface area contributed by atoms with Gasteiger partial charge in [0.15, 0.2) is 0 Å². The molecule has 0 bridgehead atoms. The summed E-state index contributed by atoms with van der Waals surface area (Å²) in [5.41, 5.74) is -0.437. The van der Waals surface area contributed by atoms with Crippen LogP contribution in [0, 0.1) is 5.41 Å². The first-order valence-electron chi connectivity index (χ1n) is 2.88. The van der Waals surface area contributed by atoms with Gasteiger partial charge in [-0.25, -0.2) is 0 Å². The van der Waals surface area contributed by atoms with Gasteiger partial charge in [-0.3, -0.25) is 0 Å².